The van der Waals surface area contributed by atoms with E-state index in [-0.39, 0.29) is 56.4 Å². The van der Waals surface area contributed by atoms with Crippen LogP contribution in [0.2, 0.25) is 0 Å². The summed E-state index contributed by atoms with van der Waals surface area (Å²) in [4.78, 5) is 40.8. The molecule has 198 valence electrons. The summed E-state index contributed by atoms with van der Waals surface area (Å²) in [5, 5.41) is 0. The molecule has 3 fully saturated rings. The summed E-state index contributed by atoms with van der Waals surface area (Å²) in [5.74, 6) is 0.0676. The average molecular weight is 495 g/mol. The van der Waals surface area contributed by atoms with Crippen molar-refractivity contribution in [3.8, 4) is 0 Å². The molecule has 0 bridgehead atoms. The molecule has 0 amide bonds. The normalized spacial score (nSPS) is 48.6. The number of rotatable bonds is 1. The summed E-state index contributed by atoms with van der Waals surface area (Å²) in [6.45, 7) is 18.0. The number of carbonyl (C=O) groups is 3. The van der Waals surface area contributed by atoms with Gasteiger partial charge >= 0.3 is 5.97 Å². The van der Waals surface area contributed by atoms with Crippen LogP contribution in [0.4, 0.5) is 0 Å². The van der Waals surface area contributed by atoms with Crippen molar-refractivity contribution in [2.24, 2.45) is 49.7 Å². The second-order valence-corrected chi connectivity index (χ2v) is 15.2. The fourth-order valence-corrected chi connectivity index (χ4v) is 10.0. The maximum Gasteiger partial charge on any atom is 0.312 e. The van der Waals surface area contributed by atoms with Gasteiger partial charge in [-0.3, -0.25) is 14.4 Å². The minimum Gasteiger partial charge on any atom is -0.469 e. The minimum atomic E-state index is -0.557. The predicted octanol–water partition coefficient (Wildman–Crippen LogP) is 6.88. The van der Waals surface area contributed by atoms with Gasteiger partial charge in [-0.15, -0.1) is 0 Å². The number of fused-ring (bicyclic) bond motifs is 7. The van der Waals surface area contributed by atoms with Crippen LogP contribution in [0.3, 0.4) is 0 Å². The Balaban J connectivity index is 1.70. The average Bonchev–Trinajstić information content (AvgIpc) is 2.80. The molecule has 0 radical (unpaired) electrons. The smallest absolute Gasteiger partial charge is 0.312 e. The van der Waals surface area contributed by atoms with E-state index in [0.717, 1.165) is 44.9 Å². The zero-order valence-electron chi connectivity index (χ0n) is 24.0. The Bertz CT molecular complexity index is 1110. The van der Waals surface area contributed by atoms with Gasteiger partial charge in [0.25, 0.3) is 0 Å². The van der Waals surface area contributed by atoms with Crippen molar-refractivity contribution in [3.05, 3.63) is 23.8 Å². The van der Waals surface area contributed by atoms with Gasteiger partial charge in [0.2, 0.25) is 0 Å². The van der Waals surface area contributed by atoms with E-state index in [4.69, 9.17) is 4.74 Å². The maximum atomic E-state index is 14.4. The van der Waals surface area contributed by atoms with Crippen molar-refractivity contribution < 1.29 is 19.1 Å². The highest BCUT2D eigenvalue weighted by atomic mass is 16.5. The lowest BCUT2D eigenvalue weighted by molar-refractivity contribution is -0.194. The van der Waals surface area contributed by atoms with Crippen molar-refractivity contribution in [3.63, 3.8) is 0 Å². The first-order chi connectivity index (χ1) is 16.5. The van der Waals surface area contributed by atoms with Gasteiger partial charge in [0.15, 0.2) is 11.6 Å². The third-order valence-electron chi connectivity index (χ3n) is 13.3. The first-order valence-electron chi connectivity index (χ1n) is 14.0. The summed E-state index contributed by atoms with van der Waals surface area (Å²) in [7, 11) is 1.50. The van der Waals surface area contributed by atoms with E-state index >= 15 is 0 Å². The molecule has 7 unspecified atom stereocenters. The molecule has 0 spiro atoms. The number of ether oxygens (including phenoxy) is 1. The molecule has 0 N–H and O–H groups in total. The van der Waals surface area contributed by atoms with E-state index in [1.54, 1.807) is 6.08 Å². The molecule has 0 aromatic heterocycles. The van der Waals surface area contributed by atoms with Crippen LogP contribution in [0.5, 0.6) is 0 Å². The number of carbonyl (C=O) groups excluding carboxylic acids is 3. The monoisotopic (exact) mass is 494 g/mol. The topological polar surface area (TPSA) is 60.4 Å². The van der Waals surface area contributed by atoms with Crippen LogP contribution in [0.25, 0.3) is 0 Å². The third-order valence-corrected chi connectivity index (χ3v) is 13.3. The molecule has 5 aliphatic rings. The Labute approximate surface area is 217 Å². The second kappa shape index (κ2) is 7.23. The van der Waals surface area contributed by atoms with E-state index < -0.39 is 10.8 Å². The summed E-state index contributed by atoms with van der Waals surface area (Å²) >= 11 is 0. The van der Waals surface area contributed by atoms with Crippen LogP contribution < -0.4 is 0 Å². The van der Waals surface area contributed by atoms with E-state index in [9.17, 15) is 14.4 Å². The molecule has 0 aliphatic heterocycles. The fourth-order valence-electron chi connectivity index (χ4n) is 10.0. The zero-order valence-corrected chi connectivity index (χ0v) is 24.0. The molecular weight excluding hydrogens is 448 g/mol. The van der Waals surface area contributed by atoms with Crippen LogP contribution in [0.15, 0.2) is 23.8 Å². The van der Waals surface area contributed by atoms with Crippen LogP contribution in [0, 0.1) is 49.7 Å². The molecule has 5 rings (SSSR count). The Morgan fingerprint density at radius 2 is 1.53 bits per heavy atom. The van der Waals surface area contributed by atoms with Crippen molar-refractivity contribution in [2.45, 2.75) is 100 Å². The van der Waals surface area contributed by atoms with E-state index in [0.29, 0.717) is 0 Å². The summed E-state index contributed by atoms with van der Waals surface area (Å²) in [6.07, 6.45) is 12.1. The Morgan fingerprint density at radius 3 is 2.17 bits per heavy atom. The minimum absolute atomic E-state index is 0.00407. The highest BCUT2D eigenvalue weighted by molar-refractivity contribution is 5.99. The predicted molar refractivity (Wildman–Crippen MR) is 141 cm³/mol. The highest BCUT2D eigenvalue weighted by Gasteiger charge is 2.72. The van der Waals surface area contributed by atoms with Crippen molar-refractivity contribution in [2.75, 3.05) is 7.11 Å². The van der Waals surface area contributed by atoms with Crippen LogP contribution in [0.1, 0.15) is 100 Å². The molecule has 0 aromatic carbocycles. The molecular formula is C32H46O4. The molecule has 0 aromatic rings. The lowest BCUT2D eigenvalue weighted by Crippen LogP contribution is -2.67. The van der Waals surface area contributed by atoms with Crippen molar-refractivity contribution >= 4 is 17.5 Å². The SMILES string of the molecule is COC(=O)C12CCC(C)(C)CC1C1C(=O)C=C3C4(C)C=CC(=O)C(C)(C)C4(C)CCC3(C)C1(C)CC2. The largest absolute Gasteiger partial charge is 0.469 e. The van der Waals surface area contributed by atoms with Crippen molar-refractivity contribution in [1.82, 2.24) is 0 Å². The van der Waals surface area contributed by atoms with Gasteiger partial charge in [-0.1, -0.05) is 61.5 Å². The molecule has 36 heavy (non-hydrogen) atoms. The van der Waals surface area contributed by atoms with Crippen LogP contribution >= 0.6 is 0 Å². The molecule has 7 atom stereocenters. The molecule has 0 heterocycles. The van der Waals surface area contributed by atoms with Gasteiger partial charge in [-0.2, -0.15) is 0 Å². The van der Waals surface area contributed by atoms with Gasteiger partial charge in [0, 0.05) is 16.7 Å². The highest BCUT2D eigenvalue weighted by Crippen LogP contribution is 2.76. The standard InChI is InChI=1S/C32H46O4/c1-26(2)12-16-32(25(35)36-9)17-14-30(7)24(20(32)19-26)21(33)18-22-28(30,5)13-15-31(8)27(3,4)23(34)10-11-29(22,31)6/h10-11,18,20,24H,12-17,19H2,1-9H3. The molecule has 3 saturated carbocycles. The Kier molecular flexibility index (Phi) is 5.21. The quantitative estimate of drug-likeness (QED) is 0.373. The maximum absolute atomic E-state index is 14.4. The molecule has 5 aliphatic carbocycles. The molecule has 0 saturated heterocycles. The third kappa shape index (κ3) is 2.75. The lowest BCUT2D eigenvalue weighted by atomic mass is 9.32. The van der Waals surface area contributed by atoms with Gasteiger partial charge in [0.1, 0.15) is 0 Å². The van der Waals surface area contributed by atoms with E-state index in [1.165, 1.54) is 12.7 Å². The number of hydrogen-bond acceptors (Lipinski definition) is 4. The van der Waals surface area contributed by atoms with E-state index in [2.05, 4.69) is 61.5 Å². The number of methoxy groups -OCH3 is 1. The van der Waals surface area contributed by atoms with Gasteiger partial charge in [-0.05, 0) is 90.2 Å². The number of allylic oxidation sites excluding steroid dienone is 4. The van der Waals surface area contributed by atoms with Gasteiger partial charge in [0.05, 0.1) is 12.5 Å². The van der Waals surface area contributed by atoms with Crippen LogP contribution in [-0.2, 0) is 19.1 Å². The van der Waals surface area contributed by atoms with Crippen LogP contribution in [-0.4, -0.2) is 24.6 Å². The van der Waals surface area contributed by atoms with Crippen molar-refractivity contribution in [1.29, 1.82) is 0 Å². The first-order valence-corrected chi connectivity index (χ1v) is 14.0. The number of hydrogen-bond donors (Lipinski definition) is 0. The summed E-state index contributed by atoms with van der Waals surface area (Å²) < 4.78 is 5.42. The zero-order chi connectivity index (χ0) is 26.7. The second-order valence-electron chi connectivity index (χ2n) is 15.2. The molecule has 4 heteroatoms. The Hall–Kier alpha value is -1.71. The number of ketones is 2. The van der Waals surface area contributed by atoms with Gasteiger partial charge < -0.3 is 4.74 Å². The fraction of sp³-hybridized carbons (Fsp3) is 0.781. The van der Waals surface area contributed by atoms with Gasteiger partial charge in [-0.25, -0.2) is 0 Å². The lowest BCUT2D eigenvalue weighted by Gasteiger charge is -2.71. The Morgan fingerprint density at radius 1 is 0.889 bits per heavy atom. The summed E-state index contributed by atoms with van der Waals surface area (Å²) in [5.41, 5.74) is -0.804. The molecule has 4 nitrogen and oxygen atoms in total. The first kappa shape index (κ1) is 25.9. The number of esters is 1. The van der Waals surface area contributed by atoms with E-state index in [1.807, 2.05) is 6.08 Å². The summed E-state index contributed by atoms with van der Waals surface area (Å²) in [6, 6.07) is 0.